The van der Waals surface area contributed by atoms with Crippen molar-refractivity contribution < 1.29 is 36.3 Å². The quantitative estimate of drug-likeness (QED) is 0.401. The van der Waals surface area contributed by atoms with Crippen LogP contribution in [0, 0.1) is 0 Å². The fourth-order valence-corrected chi connectivity index (χ4v) is 3.04. The van der Waals surface area contributed by atoms with E-state index >= 15 is 0 Å². The second-order valence-electron chi connectivity index (χ2n) is 7.81. The lowest BCUT2D eigenvalue weighted by atomic mass is 9.79. The van der Waals surface area contributed by atoms with Crippen LogP contribution in [0.3, 0.4) is 0 Å². The zero-order valence-electron chi connectivity index (χ0n) is 18.5. The number of hydrogen-bond acceptors (Lipinski definition) is 6. The van der Waals surface area contributed by atoms with Crippen LogP contribution in [-0.2, 0) is 9.31 Å². The maximum absolute atomic E-state index is 13.0. The first-order chi connectivity index (χ1) is 14.8. The van der Waals surface area contributed by atoms with E-state index in [2.05, 4.69) is 30.6 Å². The maximum atomic E-state index is 13.0. The Morgan fingerprint density at radius 1 is 0.844 bits per heavy atom. The second kappa shape index (κ2) is 10.3. The lowest BCUT2D eigenvalue weighted by molar-refractivity contribution is 0.00578. The molecular weight excluding hydrogens is 499 g/mol. The molecule has 0 aliphatic carbocycles. The van der Waals surface area contributed by atoms with E-state index in [1.807, 2.05) is 27.7 Å². The van der Waals surface area contributed by atoms with E-state index in [0.29, 0.717) is 9.94 Å². The number of alkyl halides is 4. The average Bonchev–Trinajstić information content (AvgIpc) is 2.94. The van der Waals surface area contributed by atoms with Crippen LogP contribution in [-0.4, -0.2) is 42.5 Å². The molecule has 0 saturated carbocycles. The molecule has 0 radical (unpaired) electrons. The molecule has 2 aromatic heterocycles. The number of hydrogen-bond donors (Lipinski definition) is 0. The third kappa shape index (κ3) is 5.90. The summed E-state index contributed by atoms with van der Waals surface area (Å²) in [5.74, 6) is -0.117. The lowest BCUT2D eigenvalue weighted by Gasteiger charge is -2.32. The summed E-state index contributed by atoms with van der Waals surface area (Å²) in [7, 11) is 1.90. The number of pyridine rings is 2. The van der Waals surface area contributed by atoms with E-state index in [1.165, 1.54) is 38.7 Å². The minimum atomic E-state index is -2.67. The molecule has 1 fully saturated rings. The van der Waals surface area contributed by atoms with E-state index < -0.39 is 31.2 Å². The highest BCUT2D eigenvalue weighted by Crippen LogP contribution is 2.37. The predicted octanol–water partition coefficient (Wildman–Crippen LogP) is 5.12. The van der Waals surface area contributed by atoms with Crippen molar-refractivity contribution in [1.82, 2.24) is 9.97 Å². The first-order valence-corrected chi connectivity index (χ1v) is 10.3. The van der Waals surface area contributed by atoms with Gasteiger partial charge in [0, 0.05) is 22.3 Å². The Morgan fingerprint density at radius 2 is 1.28 bits per heavy atom. The highest BCUT2D eigenvalue weighted by Gasteiger charge is 2.52. The summed E-state index contributed by atoms with van der Waals surface area (Å²) in [6.07, 6.45) is -2.39. The summed E-state index contributed by atoms with van der Waals surface area (Å²) in [6.45, 7) is 7.60. The zero-order chi connectivity index (χ0) is 24.3. The number of methoxy groups -OCH3 is 2. The molecule has 6 nitrogen and oxygen atoms in total. The Balaban J connectivity index is 0.000000258. The summed E-state index contributed by atoms with van der Waals surface area (Å²) in [5, 5.41) is 0. The summed E-state index contributed by atoms with van der Waals surface area (Å²) in [4.78, 5) is 7.57. The van der Waals surface area contributed by atoms with Gasteiger partial charge in [-0.25, -0.2) is 27.5 Å². The van der Waals surface area contributed by atoms with E-state index in [4.69, 9.17) is 14.0 Å². The number of ether oxygens (including phenoxy) is 2. The van der Waals surface area contributed by atoms with Gasteiger partial charge >= 0.3 is 7.12 Å². The topological polar surface area (TPSA) is 62.7 Å². The van der Waals surface area contributed by atoms with E-state index in [-0.39, 0.29) is 22.9 Å². The number of aromatic nitrogens is 2. The van der Waals surface area contributed by atoms with Gasteiger partial charge in [0.25, 0.3) is 12.9 Å². The first-order valence-electron chi connectivity index (χ1n) is 9.48. The highest BCUT2D eigenvalue weighted by molar-refractivity contribution is 9.10. The van der Waals surface area contributed by atoms with Crippen molar-refractivity contribution in [3.63, 3.8) is 0 Å². The molecule has 2 aromatic rings. The number of rotatable bonds is 5. The van der Waals surface area contributed by atoms with Gasteiger partial charge in [0.05, 0.1) is 36.5 Å². The van der Waals surface area contributed by atoms with Crippen LogP contribution in [0.1, 0.15) is 51.7 Å². The minimum Gasteiger partial charge on any atom is -0.481 e. The Kier molecular flexibility index (Phi) is 8.52. The fourth-order valence-electron chi connectivity index (χ4n) is 2.69. The second-order valence-corrected chi connectivity index (χ2v) is 8.72. The Hall–Kier alpha value is -1.92. The number of halogens is 5. The summed E-state index contributed by atoms with van der Waals surface area (Å²) in [5.41, 5.74) is -1.06. The van der Waals surface area contributed by atoms with E-state index in [1.54, 1.807) is 0 Å². The van der Waals surface area contributed by atoms with Gasteiger partial charge in [0.1, 0.15) is 0 Å². The molecule has 0 bridgehead atoms. The molecule has 0 atom stereocenters. The van der Waals surface area contributed by atoms with Gasteiger partial charge in [-0.2, -0.15) is 0 Å². The van der Waals surface area contributed by atoms with Gasteiger partial charge in [0.2, 0.25) is 11.8 Å². The van der Waals surface area contributed by atoms with Gasteiger partial charge in [-0.3, -0.25) is 0 Å². The minimum absolute atomic E-state index is 0.0341. The molecule has 3 heterocycles. The average molecular weight is 523 g/mol. The molecule has 12 heteroatoms. The van der Waals surface area contributed by atoms with Crippen molar-refractivity contribution in [2.24, 2.45) is 0 Å². The van der Waals surface area contributed by atoms with Crippen molar-refractivity contribution in [2.45, 2.75) is 51.7 Å². The van der Waals surface area contributed by atoms with Crippen molar-refractivity contribution >= 4 is 28.5 Å². The van der Waals surface area contributed by atoms with Crippen LogP contribution < -0.4 is 14.9 Å². The molecule has 0 aromatic carbocycles. The molecule has 0 amide bonds. The third-order valence-electron chi connectivity index (χ3n) is 5.13. The van der Waals surface area contributed by atoms with Crippen molar-refractivity contribution in [1.29, 1.82) is 0 Å². The molecule has 1 saturated heterocycles. The van der Waals surface area contributed by atoms with Crippen LogP contribution in [0.4, 0.5) is 17.6 Å². The normalized spacial score (nSPS) is 16.7. The van der Waals surface area contributed by atoms with Crippen LogP contribution >= 0.6 is 15.9 Å². The Labute approximate surface area is 192 Å². The zero-order valence-corrected chi connectivity index (χ0v) is 20.0. The van der Waals surface area contributed by atoms with Gasteiger partial charge in [-0.1, -0.05) is 0 Å². The maximum Gasteiger partial charge on any atom is 0.496 e. The van der Waals surface area contributed by atoms with E-state index in [9.17, 15) is 17.6 Å². The summed E-state index contributed by atoms with van der Waals surface area (Å²) >= 11 is 3.04. The fraction of sp³-hybridized carbons (Fsp3) is 0.500. The molecular formula is C20H24BBrF4N2O4. The largest absolute Gasteiger partial charge is 0.496 e. The SMILES string of the molecule is COc1ncc(B2OC(C)(C)C(C)(C)O2)cc1C(F)F.COc1ncc(Br)cc1C(F)F. The summed E-state index contributed by atoms with van der Waals surface area (Å²) in [6, 6.07) is 2.61. The van der Waals surface area contributed by atoms with Crippen LogP contribution in [0.2, 0.25) is 0 Å². The van der Waals surface area contributed by atoms with Crippen molar-refractivity contribution in [3.8, 4) is 11.8 Å². The van der Waals surface area contributed by atoms with Crippen molar-refractivity contribution in [2.75, 3.05) is 14.2 Å². The molecule has 0 spiro atoms. The first kappa shape index (κ1) is 26.3. The Morgan fingerprint density at radius 3 is 1.72 bits per heavy atom. The lowest BCUT2D eigenvalue weighted by Crippen LogP contribution is -2.41. The Bertz CT molecular complexity index is 918. The molecule has 0 unspecified atom stereocenters. The van der Waals surface area contributed by atoms with Crippen LogP contribution in [0.5, 0.6) is 11.8 Å². The van der Waals surface area contributed by atoms with Crippen molar-refractivity contribution in [3.05, 3.63) is 40.1 Å². The monoisotopic (exact) mass is 522 g/mol. The smallest absolute Gasteiger partial charge is 0.481 e. The van der Waals surface area contributed by atoms with Crippen LogP contribution in [0.15, 0.2) is 29.0 Å². The molecule has 176 valence electrons. The molecule has 1 aliphatic heterocycles. The standard InChI is InChI=1S/C13H18BF2NO3.C7H6BrF2NO/c1-12(2)13(3,4)20-14(19-12)8-6-9(10(15)16)11(18-5)17-7-8;1-12-7-5(6(9)10)2-4(8)3-11-7/h6-7,10H,1-5H3;2-3,6H,1H3. The number of nitrogens with zero attached hydrogens (tertiary/aromatic N) is 2. The highest BCUT2D eigenvalue weighted by atomic mass is 79.9. The van der Waals surface area contributed by atoms with E-state index in [0.717, 1.165) is 0 Å². The molecule has 1 aliphatic rings. The van der Waals surface area contributed by atoms with Crippen LogP contribution in [0.25, 0.3) is 0 Å². The molecule has 0 N–H and O–H groups in total. The van der Waals surface area contributed by atoms with Gasteiger partial charge < -0.3 is 18.8 Å². The predicted molar refractivity (Wildman–Crippen MR) is 115 cm³/mol. The molecule has 3 rings (SSSR count). The van der Waals surface area contributed by atoms with Gasteiger partial charge in [-0.15, -0.1) is 0 Å². The third-order valence-corrected chi connectivity index (χ3v) is 5.56. The molecule has 32 heavy (non-hydrogen) atoms. The van der Waals surface area contributed by atoms with Gasteiger partial charge in [0.15, 0.2) is 0 Å². The van der Waals surface area contributed by atoms with Gasteiger partial charge in [-0.05, 0) is 55.8 Å². The summed E-state index contributed by atoms with van der Waals surface area (Å²) < 4.78 is 72.1.